The van der Waals surface area contributed by atoms with Crippen molar-refractivity contribution in [2.24, 2.45) is 0 Å². The topological polar surface area (TPSA) is 77.5 Å². The molecule has 0 spiro atoms. The van der Waals surface area contributed by atoms with Crippen molar-refractivity contribution in [3.63, 3.8) is 0 Å². The van der Waals surface area contributed by atoms with Crippen molar-refractivity contribution < 1.29 is 21.6 Å². The van der Waals surface area contributed by atoms with Crippen molar-refractivity contribution in [1.82, 2.24) is 0 Å². The van der Waals surface area contributed by atoms with Crippen molar-refractivity contribution in [1.29, 1.82) is 0 Å². The maximum atomic E-state index is 12.0. The van der Waals surface area contributed by atoms with E-state index in [4.69, 9.17) is 16.3 Å². The third kappa shape index (κ3) is 3.59. The van der Waals surface area contributed by atoms with Crippen LogP contribution >= 0.6 is 22.9 Å². The molecule has 0 fully saturated rings. The highest BCUT2D eigenvalue weighted by atomic mass is 35.5. The second kappa shape index (κ2) is 5.77. The molecule has 5 nitrogen and oxygen atoms in total. The van der Waals surface area contributed by atoms with Gasteiger partial charge >= 0.3 is 0 Å². The lowest BCUT2D eigenvalue weighted by molar-refractivity contribution is 0.416. The number of ether oxygens (including phenoxy) is 1. The zero-order valence-electron chi connectivity index (χ0n) is 9.84. The molecule has 1 heterocycles. The molecule has 0 aliphatic rings. The van der Waals surface area contributed by atoms with Crippen LogP contribution in [0, 0.1) is 0 Å². The van der Waals surface area contributed by atoms with Crippen molar-refractivity contribution in [3.8, 4) is 5.06 Å². The van der Waals surface area contributed by atoms with E-state index in [1.165, 1.54) is 7.11 Å². The van der Waals surface area contributed by atoms with Gasteiger partial charge < -0.3 is 4.74 Å². The van der Waals surface area contributed by atoms with Crippen LogP contribution in [0.3, 0.4) is 0 Å². The first-order valence-corrected chi connectivity index (χ1v) is 9.78. The molecule has 1 aromatic rings. The number of halogens is 1. The molecule has 0 bridgehead atoms. The zero-order valence-corrected chi connectivity index (χ0v) is 13.0. The van der Waals surface area contributed by atoms with E-state index in [0.29, 0.717) is 6.42 Å². The number of alkyl halides is 1. The standard InChI is InChI=1S/C9H13ClO5S3/c1-15-9-7(18(13,14)5-3-4-10)6-8(16-9)17(2,11)12/h6H,3-5H2,1-2H3. The number of rotatable bonds is 6. The van der Waals surface area contributed by atoms with Crippen LogP contribution in [0.15, 0.2) is 15.2 Å². The third-order valence-corrected chi connectivity index (χ3v) is 7.17. The lowest BCUT2D eigenvalue weighted by Crippen LogP contribution is -2.07. The second-order valence-corrected chi connectivity index (χ2v) is 9.27. The van der Waals surface area contributed by atoms with Gasteiger partial charge in [0, 0.05) is 12.1 Å². The first-order chi connectivity index (χ1) is 8.22. The second-order valence-electron chi connectivity index (χ2n) is 3.55. The molecule has 0 aliphatic carbocycles. The Hall–Kier alpha value is -0.310. The van der Waals surface area contributed by atoms with Gasteiger partial charge in [-0.2, -0.15) is 0 Å². The fourth-order valence-corrected chi connectivity index (χ4v) is 5.33. The van der Waals surface area contributed by atoms with Crippen molar-refractivity contribution in [2.45, 2.75) is 15.5 Å². The van der Waals surface area contributed by atoms with E-state index < -0.39 is 19.7 Å². The summed E-state index contributed by atoms with van der Waals surface area (Å²) in [6.45, 7) is 0. The molecule has 1 rings (SSSR count). The van der Waals surface area contributed by atoms with E-state index in [1.807, 2.05) is 0 Å². The van der Waals surface area contributed by atoms with Gasteiger partial charge in [0.2, 0.25) is 0 Å². The number of thiophene rings is 1. The fourth-order valence-electron chi connectivity index (χ4n) is 1.23. The summed E-state index contributed by atoms with van der Waals surface area (Å²) < 4.78 is 51.7. The van der Waals surface area contributed by atoms with E-state index in [9.17, 15) is 16.8 Å². The minimum absolute atomic E-state index is 0.0243. The van der Waals surface area contributed by atoms with Gasteiger partial charge in [0.25, 0.3) is 0 Å². The van der Waals surface area contributed by atoms with Gasteiger partial charge in [-0.25, -0.2) is 16.8 Å². The summed E-state index contributed by atoms with van der Waals surface area (Å²) in [6, 6.07) is 1.14. The Morgan fingerprint density at radius 3 is 2.39 bits per heavy atom. The van der Waals surface area contributed by atoms with Crippen LogP contribution in [0.25, 0.3) is 0 Å². The van der Waals surface area contributed by atoms with Crippen molar-refractivity contribution in [2.75, 3.05) is 25.0 Å². The molecule has 0 aliphatic heterocycles. The molecule has 9 heteroatoms. The molecule has 0 radical (unpaired) electrons. The van der Waals surface area contributed by atoms with Crippen molar-refractivity contribution >= 4 is 42.6 Å². The summed E-state index contributed by atoms with van der Waals surface area (Å²) in [5.41, 5.74) is 0. The number of hydrogen-bond donors (Lipinski definition) is 0. The minimum Gasteiger partial charge on any atom is -0.486 e. The third-order valence-electron chi connectivity index (χ3n) is 2.08. The number of hydrogen-bond acceptors (Lipinski definition) is 6. The fraction of sp³-hybridized carbons (Fsp3) is 0.556. The van der Waals surface area contributed by atoms with Gasteiger partial charge in [-0.1, -0.05) is 11.3 Å². The predicted molar refractivity (Wildman–Crippen MR) is 71.4 cm³/mol. The molecule has 0 aromatic carbocycles. The summed E-state index contributed by atoms with van der Waals surface area (Å²) in [4.78, 5) is -0.0828. The van der Waals surface area contributed by atoms with Gasteiger partial charge in [0.1, 0.15) is 9.10 Å². The average molecular weight is 333 g/mol. The molecule has 104 valence electrons. The molecule has 0 saturated carbocycles. The van der Waals surface area contributed by atoms with Crippen LogP contribution in [0.4, 0.5) is 0 Å². The zero-order chi connectivity index (χ0) is 14.0. The summed E-state index contributed by atoms with van der Waals surface area (Å²) in [6.07, 6.45) is 1.32. The molecule has 0 saturated heterocycles. The Morgan fingerprint density at radius 2 is 1.94 bits per heavy atom. The highest BCUT2D eigenvalue weighted by Crippen LogP contribution is 2.37. The van der Waals surface area contributed by atoms with Crippen molar-refractivity contribution in [3.05, 3.63) is 6.07 Å². The number of methoxy groups -OCH3 is 1. The van der Waals surface area contributed by atoms with Gasteiger partial charge in [0.15, 0.2) is 24.7 Å². The summed E-state index contributed by atoms with van der Waals surface area (Å²) in [5.74, 6) is 0.0947. The Kier molecular flexibility index (Phi) is 5.05. The largest absolute Gasteiger partial charge is 0.486 e. The summed E-state index contributed by atoms with van der Waals surface area (Å²) >= 11 is 6.26. The minimum atomic E-state index is -3.57. The molecule has 0 unspecified atom stereocenters. The lowest BCUT2D eigenvalue weighted by atomic mass is 10.6. The normalized spacial score (nSPS) is 12.6. The monoisotopic (exact) mass is 332 g/mol. The predicted octanol–water partition coefficient (Wildman–Crippen LogP) is 1.56. The summed E-state index contributed by atoms with van der Waals surface area (Å²) in [5, 5.41) is 0.0880. The SMILES string of the molecule is COc1sc(S(C)(=O)=O)cc1S(=O)(=O)CCCCl. The molecule has 0 atom stereocenters. The smallest absolute Gasteiger partial charge is 0.193 e. The van der Waals surface area contributed by atoms with E-state index >= 15 is 0 Å². The lowest BCUT2D eigenvalue weighted by Gasteiger charge is -2.02. The number of sulfone groups is 2. The Morgan fingerprint density at radius 1 is 1.33 bits per heavy atom. The first kappa shape index (κ1) is 15.7. The van der Waals surface area contributed by atoms with Gasteiger partial charge in [0.05, 0.1) is 12.9 Å². The Bertz CT molecular complexity index is 615. The quantitative estimate of drug-likeness (QED) is 0.739. The highest BCUT2D eigenvalue weighted by Gasteiger charge is 2.25. The molecule has 0 amide bonds. The van der Waals surface area contributed by atoms with Crippen LogP contribution < -0.4 is 4.74 Å². The van der Waals surface area contributed by atoms with Gasteiger partial charge in [-0.3, -0.25) is 0 Å². The van der Waals surface area contributed by atoms with Crippen LogP contribution in [0.5, 0.6) is 5.06 Å². The Balaban J connectivity index is 3.28. The molecular weight excluding hydrogens is 320 g/mol. The van der Waals surface area contributed by atoms with Gasteiger partial charge in [-0.15, -0.1) is 11.6 Å². The molecular formula is C9H13ClO5S3. The highest BCUT2D eigenvalue weighted by molar-refractivity contribution is 7.93. The maximum absolute atomic E-state index is 12.0. The van der Waals surface area contributed by atoms with E-state index in [-0.39, 0.29) is 25.8 Å². The first-order valence-electron chi connectivity index (χ1n) is 4.89. The van der Waals surface area contributed by atoms with Crippen LogP contribution in [-0.2, 0) is 19.7 Å². The van der Waals surface area contributed by atoms with E-state index in [1.54, 1.807) is 0 Å². The van der Waals surface area contributed by atoms with Crippen LogP contribution in [0.2, 0.25) is 0 Å². The Labute approximate surface area is 116 Å². The van der Waals surface area contributed by atoms with Crippen LogP contribution in [-0.4, -0.2) is 41.8 Å². The summed E-state index contributed by atoms with van der Waals surface area (Å²) in [7, 11) is -5.71. The van der Waals surface area contributed by atoms with Gasteiger partial charge in [-0.05, 0) is 12.5 Å². The molecule has 1 aromatic heterocycles. The molecule has 0 N–H and O–H groups in total. The maximum Gasteiger partial charge on any atom is 0.193 e. The average Bonchev–Trinajstić information content (AvgIpc) is 2.70. The van der Waals surface area contributed by atoms with E-state index in [2.05, 4.69) is 0 Å². The molecule has 18 heavy (non-hydrogen) atoms. The van der Waals surface area contributed by atoms with E-state index in [0.717, 1.165) is 23.7 Å². The van der Waals surface area contributed by atoms with Crippen LogP contribution in [0.1, 0.15) is 6.42 Å².